The van der Waals surface area contributed by atoms with Crippen LogP contribution in [-0.2, 0) is 2.22 Å². The molecule has 0 aliphatic heterocycles. The Balaban J connectivity index is 2.66. The van der Waals surface area contributed by atoms with E-state index in [9.17, 15) is 0 Å². The Morgan fingerprint density at radius 2 is 1.69 bits per heavy atom. The van der Waals surface area contributed by atoms with Gasteiger partial charge in [0.2, 0.25) is 0 Å². The van der Waals surface area contributed by atoms with Crippen LogP contribution in [0.3, 0.4) is 0 Å². The third-order valence-electron chi connectivity index (χ3n) is 3.72. The molecule has 0 bridgehead atoms. The fraction of sp³-hybridized carbons (Fsp3) is 0.429. The number of hydrogen-bond donors (Lipinski definition) is 0. The second-order valence-corrected chi connectivity index (χ2v) is 28.8. The van der Waals surface area contributed by atoms with E-state index in [0.717, 1.165) is 0 Å². The molecule has 1 atom stereocenters. The van der Waals surface area contributed by atoms with Crippen LogP contribution >= 0.6 is 0 Å². The molecule has 0 heterocycles. The van der Waals surface area contributed by atoms with Gasteiger partial charge in [-0.25, -0.2) is 0 Å². The number of benzene rings is 1. The van der Waals surface area contributed by atoms with Gasteiger partial charge in [-0.05, 0) is 0 Å². The molecule has 0 aromatic heterocycles. The van der Waals surface area contributed by atoms with Gasteiger partial charge < -0.3 is 0 Å². The Morgan fingerprint density at radius 3 is 2.25 bits per heavy atom. The summed E-state index contributed by atoms with van der Waals surface area (Å²) in [4.78, 5) is 7.78. The quantitative estimate of drug-likeness (QED) is 0.675. The molecule has 2 rings (SSSR count). The summed E-state index contributed by atoms with van der Waals surface area (Å²) in [6, 6.07) is 9.05. The van der Waals surface area contributed by atoms with Gasteiger partial charge >= 0.3 is 109 Å². The first-order chi connectivity index (χ1) is 7.39. The van der Waals surface area contributed by atoms with Crippen molar-refractivity contribution in [3.63, 3.8) is 0 Å². The van der Waals surface area contributed by atoms with Crippen LogP contribution in [0.2, 0.25) is 26.2 Å². The molecule has 86 valence electrons. The van der Waals surface area contributed by atoms with Gasteiger partial charge in [0.05, 0.1) is 0 Å². The molecule has 0 spiro atoms. The summed E-state index contributed by atoms with van der Waals surface area (Å²) in [7, 11) is 0. The van der Waals surface area contributed by atoms with Gasteiger partial charge in [-0.1, -0.05) is 0 Å². The molecule has 1 aliphatic carbocycles. The first-order valence-corrected chi connectivity index (χ1v) is 20.5. The molecule has 1 aliphatic rings. The van der Waals surface area contributed by atoms with E-state index in [2.05, 4.69) is 62.7 Å². The molecular formula is C14H21AsSn. The Hall–Kier alpha value is 0.317. The van der Waals surface area contributed by atoms with Crippen molar-refractivity contribution in [2.24, 2.45) is 0 Å². The monoisotopic (exact) mass is 384 g/mol. The zero-order valence-electron chi connectivity index (χ0n) is 10.9. The summed E-state index contributed by atoms with van der Waals surface area (Å²) in [5.74, 6) is 0. The molecule has 0 amide bonds. The van der Waals surface area contributed by atoms with Crippen LogP contribution in [0.15, 0.2) is 30.3 Å². The summed E-state index contributed by atoms with van der Waals surface area (Å²) in [5.41, 5.74) is 8.20. The van der Waals surface area contributed by atoms with E-state index in [4.69, 9.17) is 0 Å². The van der Waals surface area contributed by atoms with Crippen LogP contribution in [0.4, 0.5) is 0 Å². The molecular weight excluding hydrogens is 362 g/mol. The summed E-state index contributed by atoms with van der Waals surface area (Å²) in [5, 5.41) is 0. The molecule has 1 aromatic carbocycles. The van der Waals surface area contributed by atoms with Crippen molar-refractivity contribution in [3.8, 4) is 0 Å². The molecule has 16 heavy (non-hydrogen) atoms. The minimum atomic E-state index is -1.99. The van der Waals surface area contributed by atoms with E-state index in [-0.39, 0.29) is 0 Å². The predicted octanol–water partition coefficient (Wildman–Crippen LogP) is 4.12. The normalized spacial score (nSPS) is 23.9. The van der Waals surface area contributed by atoms with Crippen LogP contribution in [0.25, 0.3) is 6.08 Å². The van der Waals surface area contributed by atoms with Crippen molar-refractivity contribution in [1.82, 2.24) is 0 Å². The van der Waals surface area contributed by atoms with E-state index in [1.54, 1.807) is 5.56 Å². The Bertz CT molecular complexity index is 429. The van der Waals surface area contributed by atoms with Gasteiger partial charge in [-0.2, -0.15) is 0 Å². The van der Waals surface area contributed by atoms with Crippen LogP contribution in [0.5, 0.6) is 0 Å². The fourth-order valence-electron chi connectivity index (χ4n) is 3.00. The number of fused-ring (bicyclic) bond motifs is 1. The fourth-order valence-corrected chi connectivity index (χ4v) is 32.6. The van der Waals surface area contributed by atoms with E-state index in [1.807, 2.05) is 0 Å². The SMILES string of the molecule is C[As](C)[C]1([Sn]([CH3])([CH3])[CH3])C=Cc2ccccc21. The molecule has 2 heteroatoms. The Labute approximate surface area is 108 Å². The maximum absolute atomic E-state index is 2.59. The van der Waals surface area contributed by atoms with Crippen molar-refractivity contribution in [3.05, 3.63) is 41.5 Å². The van der Waals surface area contributed by atoms with Gasteiger partial charge in [0.1, 0.15) is 0 Å². The summed E-state index contributed by atoms with van der Waals surface area (Å²) >= 11 is -2.78. The van der Waals surface area contributed by atoms with Gasteiger partial charge in [-0.15, -0.1) is 0 Å². The molecule has 0 saturated heterocycles. The molecule has 1 unspecified atom stereocenters. The number of allylic oxidation sites excluding steroid dienone is 1. The van der Waals surface area contributed by atoms with Crippen LogP contribution < -0.4 is 0 Å². The van der Waals surface area contributed by atoms with Gasteiger partial charge in [0.15, 0.2) is 0 Å². The average Bonchev–Trinajstić information content (AvgIpc) is 2.56. The van der Waals surface area contributed by atoms with Crippen LogP contribution in [-0.4, -0.2) is 33.0 Å². The standard InChI is InChI=1S/C11H12As.3CH3.Sn/c1-12(2)11-8-7-9-5-3-4-6-10(9)11;;;;/h3-8H,1-2H3;3*1H3;. The van der Waals surface area contributed by atoms with Crippen molar-refractivity contribution in [2.75, 3.05) is 0 Å². The van der Waals surface area contributed by atoms with E-state index in [0.29, 0.717) is 2.22 Å². The third-order valence-corrected chi connectivity index (χ3v) is 31.3. The van der Waals surface area contributed by atoms with Crippen molar-refractivity contribution in [1.29, 1.82) is 0 Å². The van der Waals surface area contributed by atoms with Crippen LogP contribution in [0.1, 0.15) is 11.1 Å². The van der Waals surface area contributed by atoms with Crippen LogP contribution in [0, 0.1) is 0 Å². The van der Waals surface area contributed by atoms with Crippen molar-refractivity contribution < 1.29 is 0 Å². The summed E-state index contributed by atoms with van der Waals surface area (Å²) < 4.78 is 0.540. The second-order valence-electron chi connectivity index (χ2n) is 5.83. The zero-order chi connectivity index (χ0) is 12.0. The molecule has 0 nitrogen and oxygen atoms in total. The molecule has 0 radical (unpaired) electrons. The first-order valence-electron chi connectivity index (χ1n) is 5.86. The maximum atomic E-state index is 2.59. The number of rotatable bonds is 2. The van der Waals surface area contributed by atoms with E-state index >= 15 is 0 Å². The minimum absolute atomic E-state index is 0.540. The van der Waals surface area contributed by atoms with E-state index < -0.39 is 33.0 Å². The second kappa shape index (κ2) is 4.21. The number of hydrogen-bond acceptors (Lipinski definition) is 0. The topological polar surface area (TPSA) is 0 Å². The average molecular weight is 383 g/mol. The molecule has 0 N–H and O–H groups in total. The van der Waals surface area contributed by atoms with Gasteiger partial charge in [0, 0.05) is 0 Å². The molecule has 1 aromatic rings. The van der Waals surface area contributed by atoms with Gasteiger partial charge in [0.25, 0.3) is 0 Å². The molecule has 0 fully saturated rings. The van der Waals surface area contributed by atoms with Crippen molar-refractivity contribution >= 4 is 39.1 Å². The summed E-state index contributed by atoms with van der Waals surface area (Å²) in [6.45, 7) is 0. The third kappa shape index (κ3) is 1.73. The Morgan fingerprint density at radius 1 is 1.06 bits per heavy atom. The Kier molecular flexibility index (Phi) is 3.36. The predicted molar refractivity (Wildman–Crippen MR) is 78.0 cm³/mol. The summed E-state index contributed by atoms with van der Waals surface area (Å²) in [6.07, 6.45) is 4.96. The van der Waals surface area contributed by atoms with Gasteiger partial charge in [-0.3, -0.25) is 0 Å². The van der Waals surface area contributed by atoms with E-state index in [1.165, 1.54) is 5.56 Å². The first kappa shape index (κ1) is 12.8. The zero-order valence-corrected chi connectivity index (χ0v) is 15.6. The van der Waals surface area contributed by atoms with Crippen molar-refractivity contribution in [2.45, 2.75) is 28.5 Å². The molecule has 0 saturated carbocycles.